The average Bonchev–Trinajstić information content (AvgIpc) is 3.40. The van der Waals surface area contributed by atoms with Gasteiger partial charge in [-0.3, -0.25) is 19.1 Å². The Bertz CT molecular complexity index is 1560. The Morgan fingerprint density at radius 3 is 2.29 bits per heavy atom. The van der Waals surface area contributed by atoms with Crippen LogP contribution in [0.1, 0.15) is 45.7 Å². The third kappa shape index (κ3) is 6.46. The van der Waals surface area contributed by atoms with Gasteiger partial charge in [-0.1, -0.05) is 48.5 Å². The first kappa shape index (κ1) is 27.6. The van der Waals surface area contributed by atoms with E-state index >= 15 is 0 Å². The maximum Gasteiger partial charge on any atom is 0.310 e. The number of nitrogens with zero attached hydrogens (tertiary/aromatic N) is 3. The Hall–Kier alpha value is -4.92. The monoisotopic (exact) mass is 551 g/mol. The van der Waals surface area contributed by atoms with Crippen LogP contribution in [0, 0.1) is 0 Å². The van der Waals surface area contributed by atoms with Gasteiger partial charge in [-0.25, -0.2) is 0 Å². The van der Waals surface area contributed by atoms with E-state index in [-0.39, 0.29) is 23.9 Å². The van der Waals surface area contributed by atoms with Crippen LogP contribution in [-0.4, -0.2) is 47.8 Å². The van der Waals surface area contributed by atoms with Crippen molar-refractivity contribution in [2.45, 2.75) is 25.7 Å². The van der Waals surface area contributed by atoms with E-state index in [2.05, 4.69) is 20.6 Å². The van der Waals surface area contributed by atoms with Crippen LogP contribution in [-0.2, 0) is 23.0 Å². The van der Waals surface area contributed by atoms with Crippen molar-refractivity contribution in [3.63, 3.8) is 0 Å². The van der Waals surface area contributed by atoms with Gasteiger partial charge in [0.15, 0.2) is 5.69 Å². The molecule has 9 heteroatoms. The molecule has 0 atom stereocenters. The molecule has 2 N–H and O–H groups in total. The number of carbonyl (C=O) groups is 3. The van der Waals surface area contributed by atoms with Crippen LogP contribution < -0.4 is 15.5 Å². The van der Waals surface area contributed by atoms with Crippen molar-refractivity contribution in [2.75, 3.05) is 35.7 Å². The highest BCUT2D eigenvalue weighted by atomic mass is 16.5. The zero-order valence-corrected chi connectivity index (χ0v) is 23.2. The third-order valence-electron chi connectivity index (χ3n) is 7.21. The predicted octanol–water partition coefficient (Wildman–Crippen LogP) is 5.30. The van der Waals surface area contributed by atoms with Crippen LogP contribution in [0.3, 0.4) is 0 Å². The number of aromatic nitrogens is 2. The second-order valence-corrected chi connectivity index (χ2v) is 10.0. The van der Waals surface area contributed by atoms with Gasteiger partial charge >= 0.3 is 5.97 Å². The SMILES string of the molecule is COC(=O)Cc1ccccc1NC(=O)c1ccc(N2CCCCC2)c(NC(=O)c2cc(-c3ccccc3)n(C)n2)c1. The van der Waals surface area contributed by atoms with Crippen molar-refractivity contribution in [1.82, 2.24) is 9.78 Å². The summed E-state index contributed by atoms with van der Waals surface area (Å²) in [5, 5.41) is 10.4. The van der Waals surface area contributed by atoms with E-state index in [1.807, 2.05) is 36.4 Å². The van der Waals surface area contributed by atoms with E-state index in [1.54, 1.807) is 54.2 Å². The van der Waals surface area contributed by atoms with Crippen molar-refractivity contribution in [3.8, 4) is 11.3 Å². The average molecular weight is 552 g/mol. The van der Waals surface area contributed by atoms with Crippen molar-refractivity contribution in [2.24, 2.45) is 7.05 Å². The quantitative estimate of drug-likeness (QED) is 0.288. The summed E-state index contributed by atoms with van der Waals surface area (Å²) < 4.78 is 6.48. The predicted molar refractivity (Wildman–Crippen MR) is 159 cm³/mol. The van der Waals surface area contributed by atoms with E-state index < -0.39 is 5.97 Å². The number of amides is 2. The lowest BCUT2D eigenvalue weighted by atomic mass is 10.1. The maximum absolute atomic E-state index is 13.4. The summed E-state index contributed by atoms with van der Waals surface area (Å²) in [5.41, 5.74) is 5.01. The number of esters is 1. The van der Waals surface area contributed by atoms with Gasteiger partial charge in [-0.2, -0.15) is 5.10 Å². The van der Waals surface area contributed by atoms with Gasteiger partial charge in [0, 0.05) is 31.4 Å². The van der Waals surface area contributed by atoms with E-state index in [1.165, 1.54) is 13.5 Å². The zero-order valence-electron chi connectivity index (χ0n) is 23.2. The molecular weight excluding hydrogens is 518 g/mol. The molecule has 1 aromatic heterocycles. The van der Waals surface area contributed by atoms with Gasteiger partial charge in [0.2, 0.25) is 0 Å². The highest BCUT2D eigenvalue weighted by Crippen LogP contribution is 2.31. The first-order chi connectivity index (χ1) is 19.9. The fraction of sp³-hybridized carbons (Fsp3) is 0.250. The minimum Gasteiger partial charge on any atom is -0.469 e. The van der Waals surface area contributed by atoms with E-state index in [4.69, 9.17) is 4.74 Å². The molecule has 3 aromatic carbocycles. The van der Waals surface area contributed by atoms with Gasteiger partial charge in [-0.05, 0) is 60.7 Å². The number of piperidine rings is 1. The van der Waals surface area contributed by atoms with E-state index in [0.29, 0.717) is 22.5 Å². The first-order valence-electron chi connectivity index (χ1n) is 13.7. The molecule has 1 aliphatic rings. The number of nitrogens with one attached hydrogen (secondary N) is 2. The maximum atomic E-state index is 13.4. The van der Waals surface area contributed by atoms with E-state index in [0.717, 1.165) is 42.9 Å². The summed E-state index contributed by atoms with van der Waals surface area (Å²) in [5.74, 6) is -1.11. The number of anilines is 3. The largest absolute Gasteiger partial charge is 0.469 e. The number of methoxy groups -OCH3 is 1. The fourth-order valence-electron chi connectivity index (χ4n) is 5.05. The zero-order chi connectivity index (χ0) is 28.8. The van der Waals surface area contributed by atoms with Crippen LogP contribution in [0.5, 0.6) is 0 Å². The molecule has 4 aromatic rings. The Morgan fingerprint density at radius 2 is 1.54 bits per heavy atom. The molecule has 0 spiro atoms. The summed E-state index contributed by atoms with van der Waals surface area (Å²) in [7, 11) is 3.14. The number of ether oxygens (including phenoxy) is 1. The number of hydrogen-bond acceptors (Lipinski definition) is 6. The molecule has 0 unspecified atom stereocenters. The fourth-order valence-corrected chi connectivity index (χ4v) is 5.05. The molecule has 1 saturated heterocycles. The summed E-state index contributed by atoms with van der Waals surface area (Å²) in [6.07, 6.45) is 3.33. The Kier molecular flexibility index (Phi) is 8.43. The highest BCUT2D eigenvalue weighted by molar-refractivity contribution is 6.09. The molecule has 41 heavy (non-hydrogen) atoms. The molecule has 1 fully saturated rings. The minimum absolute atomic E-state index is 0.0389. The number of carbonyl (C=O) groups excluding carboxylic acids is 3. The van der Waals surface area contributed by atoms with Crippen molar-refractivity contribution < 1.29 is 19.1 Å². The molecule has 2 amide bonds. The van der Waals surface area contributed by atoms with Crippen LogP contribution in [0.4, 0.5) is 17.1 Å². The lowest BCUT2D eigenvalue weighted by molar-refractivity contribution is -0.139. The second-order valence-electron chi connectivity index (χ2n) is 10.0. The van der Waals surface area contributed by atoms with Crippen LogP contribution in [0.25, 0.3) is 11.3 Å². The second kappa shape index (κ2) is 12.5. The molecule has 0 bridgehead atoms. The number of aryl methyl sites for hydroxylation is 1. The first-order valence-corrected chi connectivity index (χ1v) is 13.7. The smallest absolute Gasteiger partial charge is 0.310 e. The van der Waals surface area contributed by atoms with Crippen molar-refractivity contribution >= 4 is 34.8 Å². The van der Waals surface area contributed by atoms with E-state index in [9.17, 15) is 14.4 Å². The van der Waals surface area contributed by atoms with Gasteiger partial charge in [0.1, 0.15) is 0 Å². The van der Waals surface area contributed by atoms with Gasteiger partial charge < -0.3 is 20.3 Å². The molecule has 0 saturated carbocycles. The lowest BCUT2D eigenvalue weighted by Crippen LogP contribution is -2.30. The summed E-state index contributed by atoms with van der Waals surface area (Å²) in [6.45, 7) is 1.74. The van der Waals surface area contributed by atoms with Gasteiger partial charge in [0.25, 0.3) is 11.8 Å². The molecule has 210 valence electrons. The van der Waals surface area contributed by atoms with Crippen LogP contribution >= 0.6 is 0 Å². The number of para-hydroxylation sites is 1. The number of benzene rings is 3. The van der Waals surface area contributed by atoms with Gasteiger partial charge in [-0.15, -0.1) is 0 Å². The van der Waals surface area contributed by atoms with Gasteiger partial charge in [0.05, 0.1) is 30.6 Å². The summed E-state index contributed by atoms with van der Waals surface area (Å²) in [4.78, 5) is 40.9. The lowest BCUT2D eigenvalue weighted by Gasteiger charge is -2.30. The standard InChI is InChI=1S/C32H33N5O4/c1-36-29(22-11-5-3-6-12-22)21-27(35-36)32(40)34-26-19-24(15-16-28(26)37-17-9-4-10-18-37)31(39)33-25-14-8-7-13-23(25)20-30(38)41-2/h3,5-8,11-16,19,21H,4,9-10,17-18,20H2,1-2H3,(H,33,39)(H,34,40). The topological polar surface area (TPSA) is 106 Å². The van der Waals surface area contributed by atoms with Crippen molar-refractivity contribution in [1.29, 1.82) is 0 Å². The number of hydrogen-bond donors (Lipinski definition) is 2. The number of rotatable bonds is 8. The van der Waals surface area contributed by atoms with Crippen LogP contribution in [0.15, 0.2) is 78.9 Å². The summed E-state index contributed by atoms with van der Waals surface area (Å²) in [6, 6.07) is 24.0. The molecule has 5 rings (SSSR count). The van der Waals surface area contributed by atoms with Crippen molar-refractivity contribution in [3.05, 3.63) is 95.7 Å². The molecular formula is C32H33N5O4. The Morgan fingerprint density at radius 1 is 0.829 bits per heavy atom. The molecule has 0 aliphatic carbocycles. The Balaban J connectivity index is 1.42. The Labute approximate surface area is 239 Å². The molecule has 0 radical (unpaired) electrons. The molecule has 9 nitrogen and oxygen atoms in total. The minimum atomic E-state index is -0.396. The molecule has 2 heterocycles. The third-order valence-corrected chi connectivity index (χ3v) is 7.21. The highest BCUT2D eigenvalue weighted by Gasteiger charge is 2.21. The summed E-state index contributed by atoms with van der Waals surface area (Å²) >= 11 is 0. The normalized spacial score (nSPS) is 13.0. The van der Waals surface area contributed by atoms with Crippen LogP contribution in [0.2, 0.25) is 0 Å². The molecule has 1 aliphatic heterocycles.